The van der Waals surface area contributed by atoms with E-state index in [1.54, 1.807) is 31.2 Å². The van der Waals surface area contributed by atoms with Crippen molar-refractivity contribution in [3.63, 3.8) is 0 Å². The Morgan fingerprint density at radius 1 is 1.30 bits per heavy atom. The molecule has 0 aliphatic heterocycles. The van der Waals surface area contributed by atoms with Gasteiger partial charge in [-0.1, -0.05) is 37.6 Å². The predicted octanol–water partition coefficient (Wildman–Crippen LogP) is 2.86. The molecule has 0 bridgehead atoms. The summed E-state index contributed by atoms with van der Waals surface area (Å²) in [7, 11) is 0. The second-order valence-corrected chi connectivity index (χ2v) is 5.56. The molecule has 2 aliphatic carbocycles. The van der Waals surface area contributed by atoms with Crippen molar-refractivity contribution in [2.24, 2.45) is 11.8 Å². The number of hydrogen-bond acceptors (Lipinski definition) is 3. The lowest BCUT2D eigenvalue weighted by molar-refractivity contribution is -0.167. The van der Waals surface area contributed by atoms with E-state index >= 15 is 0 Å². The molecule has 0 aromatic rings. The number of aliphatic carboxylic acids is 1. The van der Waals surface area contributed by atoms with Gasteiger partial charge in [-0.05, 0) is 25.8 Å². The molecule has 1 N–H and O–H groups in total. The van der Waals surface area contributed by atoms with E-state index in [1.165, 1.54) is 0 Å². The van der Waals surface area contributed by atoms with E-state index in [9.17, 15) is 14.7 Å². The smallest absolute Gasteiger partial charge is 0.334 e. The van der Waals surface area contributed by atoms with Crippen LogP contribution < -0.4 is 0 Å². The highest BCUT2D eigenvalue weighted by Gasteiger charge is 2.50. The molecular weight excluding hydrogens is 256 g/mol. The molecule has 0 heterocycles. The zero-order chi connectivity index (χ0) is 14.8. The fourth-order valence-corrected chi connectivity index (χ4v) is 3.11. The van der Waals surface area contributed by atoms with Crippen LogP contribution in [0.4, 0.5) is 0 Å². The highest BCUT2D eigenvalue weighted by molar-refractivity contribution is 5.88. The quantitative estimate of drug-likeness (QED) is 0.633. The Morgan fingerprint density at radius 2 is 1.95 bits per heavy atom. The normalized spacial score (nSPS) is 29.4. The van der Waals surface area contributed by atoms with Crippen molar-refractivity contribution in [2.75, 3.05) is 0 Å². The van der Waals surface area contributed by atoms with Gasteiger partial charge in [0.2, 0.25) is 0 Å². The van der Waals surface area contributed by atoms with Gasteiger partial charge in [-0.3, -0.25) is 4.79 Å². The van der Waals surface area contributed by atoms with Gasteiger partial charge in [0.15, 0.2) is 5.60 Å². The Kier molecular flexibility index (Phi) is 4.12. The Balaban J connectivity index is 2.39. The second kappa shape index (κ2) is 5.65. The van der Waals surface area contributed by atoms with Crippen LogP contribution in [0.15, 0.2) is 36.5 Å². The van der Waals surface area contributed by atoms with Crippen LogP contribution in [-0.4, -0.2) is 22.6 Å². The number of carbonyl (C=O) groups is 2. The lowest BCUT2D eigenvalue weighted by Crippen LogP contribution is -2.50. The number of carbonyl (C=O) groups excluding carboxylic acids is 1. The van der Waals surface area contributed by atoms with Crippen LogP contribution in [0.2, 0.25) is 0 Å². The summed E-state index contributed by atoms with van der Waals surface area (Å²) in [6, 6.07) is 0. The van der Waals surface area contributed by atoms with E-state index in [4.69, 9.17) is 4.74 Å². The molecule has 108 valence electrons. The van der Waals surface area contributed by atoms with Crippen LogP contribution in [0.3, 0.4) is 0 Å². The maximum Gasteiger partial charge on any atom is 0.334 e. The first-order valence-corrected chi connectivity index (χ1v) is 6.95. The van der Waals surface area contributed by atoms with Gasteiger partial charge in [0.25, 0.3) is 0 Å². The first kappa shape index (κ1) is 14.6. The fraction of sp³-hybridized carbons (Fsp3) is 0.500. The number of carboxylic acid groups (broad SMARTS) is 1. The third-order valence-electron chi connectivity index (χ3n) is 4.13. The number of ether oxygens (including phenoxy) is 1. The van der Waals surface area contributed by atoms with E-state index in [0.717, 1.165) is 25.7 Å². The molecule has 2 rings (SSSR count). The first-order chi connectivity index (χ1) is 9.47. The maximum absolute atomic E-state index is 12.0. The highest BCUT2D eigenvalue weighted by Crippen LogP contribution is 2.44. The molecular formula is C16H20O4. The molecule has 0 spiro atoms. The molecule has 0 aromatic carbocycles. The van der Waals surface area contributed by atoms with E-state index in [2.05, 4.69) is 6.58 Å². The van der Waals surface area contributed by atoms with Gasteiger partial charge in [0, 0.05) is 11.5 Å². The number of allylic oxidation sites excluding steroid dienone is 2. The van der Waals surface area contributed by atoms with Gasteiger partial charge in [0.05, 0.1) is 0 Å². The largest absolute Gasteiger partial charge is 0.481 e. The number of carboxylic acids is 1. The number of hydrogen-bond donors (Lipinski definition) is 1. The molecule has 4 nitrogen and oxygen atoms in total. The molecule has 0 aromatic heterocycles. The van der Waals surface area contributed by atoms with Gasteiger partial charge in [-0.2, -0.15) is 0 Å². The topological polar surface area (TPSA) is 63.6 Å². The standard InChI is InChI=1S/C16H20O4/c1-11(2)15(19)20-16(12-7-3-4-8-12)10-6-5-9-13(16)14(17)18/h5-6,9-10,12-13H,1,3-4,7-8H2,2H3,(H,17,18). The molecule has 1 saturated carbocycles. The predicted molar refractivity (Wildman–Crippen MR) is 75.0 cm³/mol. The lowest BCUT2D eigenvalue weighted by Gasteiger charge is -2.40. The zero-order valence-electron chi connectivity index (χ0n) is 11.7. The molecule has 0 radical (unpaired) electrons. The number of esters is 1. The Morgan fingerprint density at radius 3 is 2.50 bits per heavy atom. The Hall–Kier alpha value is -1.84. The summed E-state index contributed by atoms with van der Waals surface area (Å²) in [5.41, 5.74) is -0.790. The van der Waals surface area contributed by atoms with Crippen molar-refractivity contribution in [2.45, 2.75) is 38.2 Å². The first-order valence-electron chi connectivity index (χ1n) is 6.95. The minimum Gasteiger partial charge on any atom is -0.481 e. The van der Waals surface area contributed by atoms with E-state index in [0.29, 0.717) is 0 Å². The molecule has 0 saturated heterocycles. The van der Waals surface area contributed by atoms with Crippen molar-refractivity contribution in [3.05, 3.63) is 36.5 Å². The average Bonchev–Trinajstić information content (AvgIpc) is 2.93. The summed E-state index contributed by atoms with van der Waals surface area (Å²) in [5.74, 6) is -2.28. The monoisotopic (exact) mass is 276 g/mol. The van der Waals surface area contributed by atoms with E-state index in [1.807, 2.05) is 0 Å². The van der Waals surface area contributed by atoms with Gasteiger partial charge < -0.3 is 9.84 Å². The fourth-order valence-electron chi connectivity index (χ4n) is 3.11. The molecule has 4 heteroatoms. The summed E-state index contributed by atoms with van der Waals surface area (Å²) in [5, 5.41) is 9.49. The van der Waals surface area contributed by atoms with Crippen LogP contribution in [0.5, 0.6) is 0 Å². The van der Waals surface area contributed by atoms with Gasteiger partial charge in [0.1, 0.15) is 5.92 Å². The average molecular weight is 276 g/mol. The third-order valence-corrected chi connectivity index (χ3v) is 4.13. The van der Waals surface area contributed by atoms with E-state index < -0.39 is 23.5 Å². The Labute approximate surface area is 118 Å². The zero-order valence-corrected chi connectivity index (χ0v) is 11.7. The molecule has 2 atom stereocenters. The summed E-state index contributed by atoms with van der Waals surface area (Å²) in [4.78, 5) is 23.5. The molecule has 20 heavy (non-hydrogen) atoms. The van der Waals surface area contributed by atoms with Crippen LogP contribution in [0.1, 0.15) is 32.6 Å². The maximum atomic E-state index is 12.0. The van der Waals surface area contributed by atoms with Crippen LogP contribution in [0, 0.1) is 11.8 Å². The van der Waals surface area contributed by atoms with Crippen molar-refractivity contribution < 1.29 is 19.4 Å². The van der Waals surface area contributed by atoms with Crippen LogP contribution in [0.25, 0.3) is 0 Å². The van der Waals surface area contributed by atoms with Crippen molar-refractivity contribution in [1.29, 1.82) is 0 Å². The van der Waals surface area contributed by atoms with Crippen LogP contribution in [-0.2, 0) is 14.3 Å². The van der Waals surface area contributed by atoms with Crippen molar-refractivity contribution in [1.82, 2.24) is 0 Å². The lowest BCUT2D eigenvalue weighted by atomic mass is 9.73. The SMILES string of the molecule is C=C(C)C(=O)OC1(C2CCCC2)C=CC=CC1C(=O)O. The number of rotatable bonds is 4. The molecule has 0 amide bonds. The third kappa shape index (κ3) is 2.55. The summed E-state index contributed by atoms with van der Waals surface area (Å²) >= 11 is 0. The summed E-state index contributed by atoms with van der Waals surface area (Å²) in [6.07, 6.45) is 10.7. The van der Waals surface area contributed by atoms with Gasteiger partial charge in [-0.15, -0.1) is 0 Å². The molecule has 2 unspecified atom stereocenters. The van der Waals surface area contributed by atoms with E-state index in [-0.39, 0.29) is 11.5 Å². The second-order valence-electron chi connectivity index (χ2n) is 5.56. The van der Waals surface area contributed by atoms with Crippen LogP contribution >= 0.6 is 0 Å². The Bertz CT molecular complexity index is 483. The van der Waals surface area contributed by atoms with Gasteiger partial charge >= 0.3 is 11.9 Å². The summed E-state index contributed by atoms with van der Waals surface area (Å²) < 4.78 is 5.64. The molecule has 2 aliphatic rings. The minimum absolute atomic E-state index is 0.0492. The van der Waals surface area contributed by atoms with Crippen molar-refractivity contribution >= 4 is 11.9 Å². The highest BCUT2D eigenvalue weighted by atomic mass is 16.6. The minimum atomic E-state index is -1.08. The molecule has 1 fully saturated rings. The van der Waals surface area contributed by atoms with Crippen molar-refractivity contribution in [3.8, 4) is 0 Å². The van der Waals surface area contributed by atoms with Gasteiger partial charge in [-0.25, -0.2) is 4.79 Å². The summed E-state index contributed by atoms with van der Waals surface area (Å²) in [6.45, 7) is 5.16.